The first-order chi connectivity index (χ1) is 13.1. The minimum atomic E-state index is -1.31. The lowest BCUT2D eigenvalue weighted by Gasteiger charge is -2.26. The third kappa shape index (κ3) is 4.31. The average Bonchev–Trinajstić information content (AvgIpc) is 3.00. The number of rotatable bonds is 4. The van der Waals surface area contributed by atoms with Crippen molar-refractivity contribution in [2.24, 2.45) is 7.05 Å². The number of nitrogens with zero attached hydrogens (tertiary/aromatic N) is 4. The molecule has 3 rings (SSSR count). The fourth-order valence-electron chi connectivity index (χ4n) is 2.78. The Balaban J connectivity index is 0.00000300. The van der Waals surface area contributed by atoms with Crippen molar-refractivity contribution in [1.82, 2.24) is 14.8 Å². The molecular weight excluding hydrogens is 428 g/mol. The molecule has 0 saturated carbocycles. The second kappa shape index (κ2) is 8.31. The quantitative estimate of drug-likeness (QED) is 0.559. The molecule has 1 aromatic heterocycles. The Labute approximate surface area is 176 Å². The molecule has 1 heterocycles. The van der Waals surface area contributed by atoms with Crippen LogP contribution in [0.25, 0.3) is 11.4 Å². The molecule has 0 aliphatic carbocycles. The van der Waals surface area contributed by atoms with Crippen molar-refractivity contribution in [2.45, 2.75) is 19.4 Å². The van der Waals surface area contributed by atoms with Crippen molar-refractivity contribution in [2.75, 3.05) is 0 Å². The van der Waals surface area contributed by atoms with Crippen LogP contribution < -0.4 is 4.74 Å². The zero-order chi connectivity index (χ0) is 20.6. The predicted octanol–water partition coefficient (Wildman–Crippen LogP) is 5.16. The maximum absolute atomic E-state index is 14.0. The molecule has 0 aliphatic heterocycles. The van der Waals surface area contributed by atoms with Gasteiger partial charge in [-0.15, -0.1) is 22.6 Å². The predicted molar refractivity (Wildman–Crippen MR) is 103 cm³/mol. The summed E-state index contributed by atoms with van der Waals surface area (Å²) in [6.07, 6.45) is 0. The Kier molecular flexibility index (Phi) is 6.46. The highest BCUT2D eigenvalue weighted by Crippen LogP contribution is 2.34. The molecule has 152 valence electrons. The lowest BCUT2D eigenvalue weighted by Crippen LogP contribution is -2.30. The van der Waals surface area contributed by atoms with Crippen molar-refractivity contribution in [3.63, 3.8) is 0 Å². The summed E-state index contributed by atoms with van der Waals surface area (Å²) in [5, 5.41) is 17.4. The highest BCUT2D eigenvalue weighted by molar-refractivity contribution is 6.33. The molecule has 0 unspecified atom stereocenters. The zero-order valence-corrected chi connectivity index (χ0v) is 17.1. The highest BCUT2D eigenvalue weighted by Gasteiger charge is 2.32. The smallest absolute Gasteiger partial charge is 0.192 e. The van der Waals surface area contributed by atoms with E-state index in [-0.39, 0.29) is 18.2 Å². The van der Waals surface area contributed by atoms with E-state index in [0.717, 1.165) is 0 Å². The van der Waals surface area contributed by atoms with Crippen LogP contribution in [0, 0.1) is 28.8 Å². The van der Waals surface area contributed by atoms with Gasteiger partial charge in [0.25, 0.3) is 0 Å². The van der Waals surface area contributed by atoms with Gasteiger partial charge in [0.2, 0.25) is 0 Å². The fraction of sp³-hybridized carbons (Fsp3) is 0.211. The van der Waals surface area contributed by atoms with Crippen molar-refractivity contribution in [3.8, 4) is 23.2 Å². The van der Waals surface area contributed by atoms with Crippen molar-refractivity contribution >= 4 is 24.0 Å². The maximum atomic E-state index is 14.0. The number of halogens is 5. The number of ether oxygens (including phenoxy) is 1. The molecule has 10 heteroatoms. The number of aromatic nitrogens is 3. The molecular formula is C19H15Cl2F3N4O. The lowest BCUT2D eigenvalue weighted by molar-refractivity contribution is 0.0833. The Morgan fingerprint density at radius 3 is 2.28 bits per heavy atom. The number of hydrogen-bond acceptors (Lipinski definition) is 4. The third-order valence-corrected chi connectivity index (χ3v) is 4.39. The van der Waals surface area contributed by atoms with Crippen molar-refractivity contribution in [3.05, 3.63) is 64.2 Å². The molecule has 0 radical (unpaired) electrons. The summed E-state index contributed by atoms with van der Waals surface area (Å²) in [5.74, 6) is -3.46. The van der Waals surface area contributed by atoms with E-state index >= 15 is 0 Å². The van der Waals surface area contributed by atoms with Crippen LogP contribution in [0.3, 0.4) is 0 Å². The minimum Gasteiger partial charge on any atom is -0.474 e. The van der Waals surface area contributed by atoms with E-state index in [4.69, 9.17) is 21.6 Å². The summed E-state index contributed by atoms with van der Waals surface area (Å²) in [5.41, 5.74) is -0.391. The van der Waals surface area contributed by atoms with E-state index in [1.54, 1.807) is 37.6 Å². The second-order valence-corrected chi connectivity index (χ2v) is 6.93. The van der Waals surface area contributed by atoms with E-state index < -0.39 is 28.8 Å². The molecule has 0 N–H and O–H groups in total. The van der Waals surface area contributed by atoms with Crippen LogP contribution in [0.5, 0.6) is 5.75 Å². The molecule has 0 saturated heterocycles. The van der Waals surface area contributed by atoms with Gasteiger partial charge in [-0.1, -0.05) is 11.6 Å². The Hall–Kier alpha value is -2.76. The number of nitriles is 1. The van der Waals surface area contributed by atoms with Gasteiger partial charge in [-0.3, -0.25) is 0 Å². The summed E-state index contributed by atoms with van der Waals surface area (Å²) in [6.45, 7) is 3.09. The SMILES string of the molecule is Cl.Cn1c(-c2ccc(C#N)cc2Cl)nnc1C(C)(C)Oc1c(F)cc(F)cc1F. The minimum absolute atomic E-state index is 0. The van der Waals surface area contributed by atoms with Crippen LogP contribution in [0.15, 0.2) is 30.3 Å². The summed E-state index contributed by atoms with van der Waals surface area (Å²) < 4.78 is 48.1. The second-order valence-electron chi connectivity index (χ2n) is 6.52. The van der Waals surface area contributed by atoms with Gasteiger partial charge in [0.1, 0.15) is 5.82 Å². The van der Waals surface area contributed by atoms with Crippen LogP contribution in [-0.2, 0) is 12.6 Å². The maximum Gasteiger partial charge on any atom is 0.192 e. The molecule has 0 fully saturated rings. The molecule has 0 atom stereocenters. The largest absolute Gasteiger partial charge is 0.474 e. The monoisotopic (exact) mass is 442 g/mol. The number of hydrogen-bond donors (Lipinski definition) is 0. The van der Waals surface area contributed by atoms with Crippen LogP contribution in [0.4, 0.5) is 13.2 Å². The molecule has 5 nitrogen and oxygen atoms in total. The summed E-state index contributed by atoms with van der Waals surface area (Å²) >= 11 is 6.23. The van der Waals surface area contributed by atoms with E-state index in [2.05, 4.69) is 10.2 Å². The molecule has 29 heavy (non-hydrogen) atoms. The average molecular weight is 443 g/mol. The molecule has 0 spiro atoms. The fourth-order valence-corrected chi connectivity index (χ4v) is 3.05. The van der Waals surface area contributed by atoms with E-state index in [1.807, 2.05) is 6.07 Å². The van der Waals surface area contributed by atoms with E-state index in [1.165, 1.54) is 6.07 Å². The van der Waals surface area contributed by atoms with Crippen LogP contribution >= 0.6 is 24.0 Å². The zero-order valence-electron chi connectivity index (χ0n) is 15.5. The first kappa shape index (κ1) is 22.5. The van der Waals surface area contributed by atoms with Gasteiger partial charge in [0.05, 0.1) is 16.7 Å². The van der Waals surface area contributed by atoms with Gasteiger partial charge in [-0.05, 0) is 32.0 Å². The van der Waals surface area contributed by atoms with E-state index in [9.17, 15) is 13.2 Å². The van der Waals surface area contributed by atoms with Gasteiger partial charge in [0, 0.05) is 24.7 Å². The Morgan fingerprint density at radius 2 is 1.72 bits per heavy atom. The normalized spacial score (nSPS) is 11.0. The van der Waals surface area contributed by atoms with Crippen LogP contribution in [-0.4, -0.2) is 14.8 Å². The molecule has 2 aromatic carbocycles. The number of benzene rings is 2. The highest BCUT2D eigenvalue weighted by atomic mass is 35.5. The summed E-state index contributed by atoms with van der Waals surface area (Å²) in [7, 11) is 1.64. The van der Waals surface area contributed by atoms with Crippen molar-refractivity contribution in [1.29, 1.82) is 5.26 Å². The van der Waals surface area contributed by atoms with Gasteiger partial charge in [-0.2, -0.15) is 5.26 Å². The van der Waals surface area contributed by atoms with Gasteiger partial charge in [0.15, 0.2) is 34.6 Å². The first-order valence-electron chi connectivity index (χ1n) is 8.07. The van der Waals surface area contributed by atoms with Crippen molar-refractivity contribution < 1.29 is 17.9 Å². The molecule has 3 aromatic rings. The summed E-state index contributed by atoms with van der Waals surface area (Å²) in [6, 6.07) is 7.76. The first-order valence-corrected chi connectivity index (χ1v) is 8.45. The molecule has 0 aliphatic rings. The Bertz CT molecular complexity index is 1090. The van der Waals surface area contributed by atoms with Crippen LogP contribution in [0.1, 0.15) is 25.2 Å². The lowest BCUT2D eigenvalue weighted by atomic mass is 10.1. The van der Waals surface area contributed by atoms with Crippen LogP contribution in [0.2, 0.25) is 5.02 Å². The molecule has 0 bridgehead atoms. The third-order valence-electron chi connectivity index (χ3n) is 4.07. The van der Waals surface area contributed by atoms with Gasteiger partial charge >= 0.3 is 0 Å². The summed E-state index contributed by atoms with van der Waals surface area (Å²) in [4.78, 5) is 0. The molecule has 0 amide bonds. The van der Waals surface area contributed by atoms with Gasteiger partial charge < -0.3 is 9.30 Å². The standard InChI is InChI=1S/C19H14ClF3N4O.ClH/c1-19(2,28-16-14(22)7-11(21)8-15(16)23)18-26-25-17(27(18)3)12-5-4-10(9-24)6-13(12)20;/h4-8H,1-3H3;1H. The van der Waals surface area contributed by atoms with E-state index in [0.29, 0.717) is 34.1 Å². The van der Waals surface area contributed by atoms with Gasteiger partial charge in [-0.25, -0.2) is 13.2 Å². The topological polar surface area (TPSA) is 63.7 Å². The Morgan fingerprint density at radius 1 is 1.10 bits per heavy atom.